The van der Waals surface area contributed by atoms with E-state index in [1.165, 1.54) is 37.1 Å². The Bertz CT molecular complexity index is 870. The van der Waals surface area contributed by atoms with Crippen LogP contribution in [0.1, 0.15) is 56.6 Å². The third-order valence-corrected chi connectivity index (χ3v) is 5.45. The van der Waals surface area contributed by atoms with E-state index in [1.807, 2.05) is 12.1 Å². The van der Waals surface area contributed by atoms with Crippen molar-refractivity contribution in [2.45, 2.75) is 51.6 Å². The van der Waals surface area contributed by atoms with E-state index in [-0.39, 0.29) is 23.7 Å². The summed E-state index contributed by atoms with van der Waals surface area (Å²) in [7, 11) is 0. The van der Waals surface area contributed by atoms with E-state index >= 15 is 0 Å². The molecule has 0 heterocycles. The Balaban J connectivity index is 1.65. The molecule has 0 N–H and O–H groups in total. The van der Waals surface area contributed by atoms with Gasteiger partial charge in [-0.25, -0.2) is 4.39 Å². The molecule has 1 aliphatic carbocycles. The molecule has 6 heteroatoms. The Morgan fingerprint density at radius 3 is 2.27 bits per heavy atom. The van der Waals surface area contributed by atoms with Crippen molar-refractivity contribution in [3.8, 4) is 11.5 Å². The summed E-state index contributed by atoms with van der Waals surface area (Å²) in [6.45, 7) is 4.04. The largest absolute Gasteiger partial charge is 0.491 e. The zero-order valence-corrected chi connectivity index (χ0v) is 17.1. The van der Waals surface area contributed by atoms with E-state index in [2.05, 4.69) is 6.92 Å². The average molecular weight is 422 g/mol. The maximum atomic E-state index is 14.2. The molecule has 162 valence electrons. The van der Waals surface area contributed by atoms with Crippen LogP contribution in [0.2, 0.25) is 0 Å². The van der Waals surface area contributed by atoms with Crippen molar-refractivity contribution in [3.63, 3.8) is 0 Å². The van der Waals surface area contributed by atoms with Crippen LogP contribution in [-0.2, 0) is 0 Å². The Morgan fingerprint density at radius 1 is 0.967 bits per heavy atom. The lowest BCUT2D eigenvalue weighted by Crippen LogP contribution is -2.21. The number of rotatable bonds is 7. The summed E-state index contributed by atoms with van der Waals surface area (Å²) in [5.74, 6) is -1.52. The van der Waals surface area contributed by atoms with E-state index in [0.29, 0.717) is 12.0 Å². The van der Waals surface area contributed by atoms with Crippen molar-refractivity contribution in [2.24, 2.45) is 5.92 Å². The number of ether oxygens (including phenoxy) is 2. The van der Waals surface area contributed by atoms with Crippen LogP contribution in [0.5, 0.6) is 11.5 Å². The van der Waals surface area contributed by atoms with Crippen molar-refractivity contribution in [2.75, 3.05) is 6.61 Å². The molecule has 3 rings (SSSR count). The van der Waals surface area contributed by atoms with Gasteiger partial charge in [0.25, 0.3) is 0 Å². The highest BCUT2D eigenvalue weighted by molar-refractivity contribution is 5.53. The van der Waals surface area contributed by atoms with E-state index < -0.39 is 17.7 Å². The molecular weight excluding hydrogens is 396 g/mol. The average Bonchev–Trinajstić information content (AvgIpc) is 2.72. The summed E-state index contributed by atoms with van der Waals surface area (Å²) < 4.78 is 66.0. The molecule has 0 bridgehead atoms. The molecule has 0 atom stereocenters. The van der Waals surface area contributed by atoms with Crippen LogP contribution >= 0.6 is 0 Å². The van der Waals surface area contributed by atoms with E-state index in [9.17, 15) is 17.6 Å². The van der Waals surface area contributed by atoms with Gasteiger partial charge in [0.1, 0.15) is 5.75 Å². The van der Waals surface area contributed by atoms with Gasteiger partial charge in [0, 0.05) is 11.6 Å². The summed E-state index contributed by atoms with van der Waals surface area (Å²) in [6, 6.07) is 9.05. The summed E-state index contributed by atoms with van der Waals surface area (Å²) in [6.07, 6.45) is 2.08. The standard InChI is InChI=1S/C24H26F4O2/c1-3-29-21-13-10-19(22(25)23(21)26)14-15-24(27,28)30-20-11-8-18(9-12-20)17-6-4-16(2)5-7-17/h8-17H,3-7H2,1-2H3/b15-14+. The lowest BCUT2D eigenvalue weighted by Gasteiger charge is -2.26. The Morgan fingerprint density at radius 2 is 1.63 bits per heavy atom. The molecule has 2 nitrogen and oxygen atoms in total. The first kappa shape index (κ1) is 22.2. The molecule has 0 spiro atoms. The van der Waals surface area contributed by atoms with Gasteiger partial charge in [-0.05, 0) is 67.5 Å². The molecule has 0 amide bonds. The normalized spacial score (nSPS) is 19.8. The van der Waals surface area contributed by atoms with Crippen LogP contribution in [0.15, 0.2) is 42.5 Å². The third kappa shape index (κ3) is 5.55. The highest BCUT2D eigenvalue weighted by Gasteiger charge is 2.28. The third-order valence-electron chi connectivity index (χ3n) is 5.45. The second-order valence-electron chi connectivity index (χ2n) is 7.74. The second kappa shape index (κ2) is 9.54. The van der Waals surface area contributed by atoms with E-state index in [1.54, 1.807) is 6.92 Å². The van der Waals surface area contributed by atoms with Gasteiger partial charge in [-0.15, -0.1) is 0 Å². The van der Waals surface area contributed by atoms with Crippen LogP contribution in [0.3, 0.4) is 0 Å². The smallest absolute Gasteiger partial charge is 0.419 e. The minimum atomic E-state index is -3.68. The summed E-state index contributed by atoms with van der Waals surface area (Å²) in [5, 5.41) is 0. The predicted octanol–water partition coefficient (Wildman–Crippen LogP) is 7.34. The quantitative estimate of drug-likeness (QED) is 0.435. The fourth-order valence-corrected chi connectivity index (χ4v) is 3.72. The van der Waals surface area contributed by atoms with Gasteiger partial charge in [0.15, 0.2) is 11.6 Å². The summed E-state index contributed by atoms with van der Waals surface area (Å²) in [4.78, 5) is 0. The van der Waals surface area contributed by atoms with Crippen molar-refractivity contribution >= 4 is 6.08 Å². The zero-order valence-electron chi connectivity index (χ0n) is 17.1. The number of benzene rings is 2. The number of hydrogen-bond donors (Lipinski definition) is 0. The predicted molar refractivity (Wildman–Crippen MR) is 109 cm³/mol. The van der Waals surface area contributed by atoms with Gasteiger partial charge in [-0.2, -0.15) is 13.2 Å². The second-order valence-corrected chi connectivity index (χ2v) is 7.74. The molecule has 0 saturated heterocycles. The maximum absolute atomic E-state index is 14.2. The minimum absolute atomic E-state index is 0.0101. The van der Waals surface area contributed by atoms with Crippen LogP contribution in [0, 0.1) is 17.6 Å². The number of halogens is 4. The van der Waals surface area contributed by atoms with Crippen molar-refractivity contribution in [1.82, 2.24) is 0 Å². The van der Waals surface area contributed by atoms with Crippen LogP contribution in [0.25, 0.3) is 6.08 Å². The summed E-state index contributed by atoms with van der Waals surface area (Å²) >= 11 is 0. The van der Waals surface area contributed by atoms with Gasteiger partial charge in [-0.1, -0.05) is 31.9 Å². The molecule has 0 unspecified atom stereocenters. The Hall–Kier alpha value is -2.50. The Kier molecular flexibility index (Phi) is 7.06. The monoisotopic (exact) mass is 422 g/mol. The molecule has 2 aromatic carbocycles. The van der Waals surface area contributed by atoms with Gasteiger partial charge in [0.05, 0.1) is 6.61 Å². The first-order chi connectivity index (χ1) is 14.3. The fourth-order valence-electron chi connectivity index (χ4n) is 3.72. The lowest BCUT2D eigenvalue weighted by molar-refractivity contribution is -0.130. The molecule has 30 heavy (non-hydrogen) atoms. The molecular formula is C24H26F4O2. The Labute approximate surface area is 174 Å². The minimum Gasteiger partial charge on any atom is -0.491 e. The van der Waals surface area contributed by atoms with Gasteiger partial charge in [-0.3, -0.25) is 0 Å². The fraction of sp³-hybridized carbons (Fsp3) is 0.417. The van der Waals surface area contributed by atoms with Gasteiger partial charge >= 0.3 is 6.11 Å². The van der Waals surface area contributed by atoms with Gasteiger partial charge in [0.2, 0.25) is 5.82 Å². The van der Waals surface area contributed by atoms with Gasteiger partial charge < -0.3 is 9.47 Å². The summed E-state index contributed by atoms with van der Waals surface area (Å²) in [5.41, 5.74) is 0.807. The maximum Gasteiger partial charge on any atom is 0.419 e. The van der Waals surface area contributed by atoms with Crippen LogP contribution in [-0.4, -0.2) is 12.7 Å². The van der Waals surface area contributed by atoms with E-state index in [4.69, 9.17) is 9.47 Å². The molecule has 0 aliphatic heterocycles. The molecule has 0 radical (unpaired) electrons. The lowest BCUT2D eigenvalue weighted by atomic mass is 9.79. The molecule has 0 aromatic heterocycles. The number of hydrogen-bond acceptors (Lipinski definition) is 2. The number of alkyl halides is 2. The van der Waals surface area contributed by atoms with Crippen molar-refractivity contribution in [1.29, 1.82) is 0 Å². The SMILES string of the molecule is CCOc1ccc(/C=C/C(F)(F)Oc2ccc(C3CCC(C)CC3)cc2)c(F)c1F. The molecule has 2 aromatic rings. The topological polar surface area (TPSA) is 18.5 Å². The van der Waals surface area contributed by atoms with Crippen LogP contribution < -0.4 is 9.47 Å². The van der Waals surface area contributed by atoms with Crippen molar-refractivity contribution < 1.29 is 27.0 Å². The first-order valence-electron chi connectivity index (χ1n) is 10.3. The first-order valence-corrected chi connectivity index (χ1v) is 10.3. The highest BCUT2D eigenvalue weighted by Crippen LogP contribution is 2.36. The zero-order chi connectivity index (χ0) is 21.7. The molecule has 1 fully saturated rings. The van der Waals surface area contributed by atoms with Crippen molar-refractivity contribution in [3.05, 3.63) is 65.2 Å². The highest BCUT2D eigenvalue weighted by atomic mass is 19.3. The van der Waals surface area contributed by atoms with E-state index in [0.717, 1.165) is 30.4 Å². The molecule has 1 saturated carbocycles. The van der Waals surface area contributed by atoms with Crippen LogP contribution in [0.4, 0.5) is 17.6 Å². The molecule has 1 aliphatic rings.